The van der Waals surface area contributed by atoms with Gasteiger partial charge >= 0.3 is 0 Å². The van der Waals surface area contributed by atoms with Crippen LogP contribution in [0, 0.1) is 0 Å². The molecule has 0 aromatic heterocycles. The fraction of sp³-hybridized carbons (Fsp3) is 0.250. The zero-order chi connectivity index (χ0) is 12.2. The van der Waals surface area contributed by atoms with Gasteiger partial charge in [0.25, 0.3) is 0 Å². The predicted molar refractivity (Wildman–Crippen MR) is 85.1 cm³/mol. The second-order valence-corrected chi connectivity index (χ2v) is 8.59. The van der Waals surface area contributed by atoms with Gasteiger partial charge in [-0.1, -0.05) is 68.6 Å². The van der Waals surface area contributed by atoms with Gasteiger partial charge < -0.3 is 0 Å². The van der Waals surface area contributed by atoms with E-state index < -0.39 is 0 Å². The first-order chi connectivity index (χ1) is 8.95. The molecule has 0 nitrogen and oxygen atoms in total. The number of rotatable bonds is 2. The highest BCUT2D eigenvalue weighted by Gasteiger charge is 2.26. The Kier molecular flexibility index (Phi) is 4.09. The predicted octanol–water partition coefficient (Wildman–Crippen LogP) is 4.23. The van der Waals surface area contributed by atoms with Crippen LogP contribution in [0.2, 0.25) is 0 Å². The zero-order valence-corrected chi connectivity index (χ0v) is 12.3. The molecule has 18 heavy (non-hydrogen) atoms. The van der Waals surface area contributed by atoms with E-state index in [9.17, 15) is 0 Å². The number of hydrogen-bond donors (Lipinski definition) is 0. The number of hydrogen-bond acceptors (Lipinski definition) is 0. The molecule has 0 N–H and O–H groups in total. The summed E-state index contributed by atoms with van der Waals surface area (Å²) in [4.78, 5) is 0. The van der Waals surface area contributed by atoms with Gasteiger partial charge in [-0.3, -0.25) is 0 Å². The van der Waals surface area contributed by atoms with E-state index in [4.69, 9.17) is 0 Å². The van der Waals surface area contributed by atoms with E-state index >= 15 is 0 Å². The summed E-state index contributed by atoms with van der Waals surface area (Å²) in [5.74, 6) is 0. The van der Waals surface area contributed by atoms with Crippen LogP contribution in [0.1, 0.15) is 11.2 Å². The third kappa shape index (κ3) is 2.66. The molecule has 92 valence electrons. The molecule has 0 bridgehead atoms. The molecule has 3 unspecified atom stereocenters. The second-order valence-electron chi connectivity index (χ2n) is 4.66. The van der Waals surface area contributed by atoms with Crippen LogP contribution < -0.4 is 5.30 Å². The van der Waals surface area contributed by atoms with Crippen molar-refractivity contribution in [2.75, 3.05) is 18.5 Å². The van der Waals surface area contributed by atoms with Gasteiger partial charge in [-0.25, -0.2) is 0 Å². The molecule has 2 aromatic rings. The van der Waals surface area contributed by atoms with Crippen LogP contribution in [-0.4, -0.2) is 18.5 Å². The van der Waals surface area contributed by atoms with Crippen LogP contribution in [-0.2, 0) is 0 Å². The summed E-state index contributed by atoms with van der Waals surface area (Å²) in [7, 11) is 1.15. The van der Waals surface area contributed by atoms with Gasteiger partial charge in [-0.05, 0) is 29.4 Å². The Labute approximate surface area is 112 Å². The fourth-order valence-electron chi connectivity index (χ4n) is 2.61. The molecule has 0 radical (unpaired) electrons. The fourth-order valence-corrected chi connectivity index (χ4v) is 8.20. The Balaban J connectivity index is 1.92. The van der Waals surface area contributed by atoms with Crippen molar-refractivity contribution in [3.05, 3.63) is 66.2 Å². The molecule has 2 aromatic carbocycles. The third-order valence-electron chi connectivity index (χ3n) is 3.52. The summed E-state index contributed by atoms with van der Waals surface area (Å²) in [5, 5.41) is 1.59. The van der Waals surface area contributed by atoms with E-state index in [1.54, 1.807) is 10.9 Å². The Hall–Kier alpha value is -0.700. The quantitative estimate of drug-likeness (QED) is 0.718. The van der Waals surface area contributed by atoms with Gasteiger partial charge in [0, 0.05) is 5.66 Å². The van der Waals surface area contributed by atoms with Crippen molar-refractivity contribution in [3.63, 3.8) is 0 Å². The molecule has 0 aliphatic carbocycles. The maximum absolute atomic E-state index is 2.33. The van der Waals surface area contributed by atoms with E-state index in [-0.39, 0.29) is 7.92 Å². The summed E-state index contributed by atoms with van der Waals surface area (Å²) in [6, 6.07) is 22.3. The monoisotopic (exact) mass is 272 g/mol. The molecule has 2 heteroatoms. The summed E-state index contributed by atoms with van der Waals surface area (Å²) >= 11 is 0. The average Bonchev–Trinajstić information content (AvgIpc) is 2.49. The Morgan fingerprint density at radius 3 is 2.28 bits per heavy atom. The molecule has 1 aliphatic rings. The van der Waals surface area contributed by atoms with E-state index in [0.29, 0.717) is 0 Å². The van der Waals surface area contributed by atoms with E-state index in [0.717, 1.165) is 14.2 Å². The highest BCUT2D eigenvalue weighted by Crippen LogP contribution is 2.56. The highest BCUT2D eigenvalue weighted by atomic mass is 31.1. The lowest BCUT2D eigenvalue weighted by atomic mass is 10.2. The Bertz CT molecular complexity index is 433. The summed E-state index contributed by atoms with van der Waals surface area (Å²) in [6.45, 7) is 0. The van der Waals surface area contributed by atoms with Crippen LogP contribution in [0.4, 0.5) is 0 Å². The van der Waals surface area contributed by atoms with Crippen molar-refractivity contribution in [2.24, 2.45) is 0 Å². The molecule has 3 rings (SSSR count). The van der Waals surface area contributed by atoms with Crippen LogP contribution in [0.5, 0.6) is 0 Å². The van der Waals surface area contributed by atoms with Crippen molar-refractivity contribution in [2.45, 2.75) is 5.66 Å². The van der Waals surface area contributed by atoms with Crippen LogP contribution in [0.15, 0.2) is 60.7 Å². The van der Waals surface area contributed by atoms with Gasteiger partial charge in [0.1, 0.15) is 0 Å². The molecule has 0 spiro atoms. The SMILES string of the molecule is c1ccc(C2CPCCP2c2ccccc2)cc1. The summed E-state index contributed by atoms with van der Waals surface area (Å²) in [6.07, 6.45) is 4.24. The summed E-state index contributed by atoms with van der Waals surface area (Å²) < 4.78 is 0. The van der Waals surface area contributed by atoms with E-state index in [1.807, 2.05) is 0 Å². The smallest absolute Gasteiger partial charge is 0.0119 e. The standard InChI is InChI=1S/C16H18P2/c1-3-7-14(8-4-1)16-13-17-11-12-18(16)15-9-5-2-6-10-15/h1-10,16-17H,11-13H2. The van der Waals surface area contributed by atoms with Gasteiger partial charge in [0.05, 0.1) is 0 Å². The molecule has 1 aliphatic heterocycles. The molecular formula is C16H18P2. The molecule has 1 saturated heterocycles. The van der Waals surface area contributed by atoms with Crippen LogP contribution in [0.3, 0.4) is 0 Å². The molecule has 1 heterocycles. The normalized spacial score (nSPS) is 25.1. The molecule has 1 fully saturated rings. The topological polar surface area (TPSA) is 0 Å². The maximum Gasteiger partial charge on any atom is 0.0119 e. The minimum atomic E-state index is 0.000386. The third-order valence-corrected chi connectivity index (χ3v) is 8.48. The highest BCUT2D eigenvalue weighted by molar-refractivity contribution is 7.68. The number of benzene rings is 2. The minimum Gasteiger partial charge on any atom is -0.121 e. The van der Waals surface area contributed by atoms with Crippen LogP contribution >= 0.6 is 16.5 Å². The lowest BCUT2D eigenvalue weighted by molar-refractivity contribution is 1.07. The van der Waals surface area contributed by atoms with Crippen molar-refractivity contribution in [1.29, 1.82) is 0 Å². The van der Waals surface area contributed by atoms with Gasteiger partial charge in [-0.15, -0.1) is 8.58 Å². The van der Waals surface area contributed by atoms with Crippen LogP contribution in [0.25, 0.3) is 0 Å². The molecule has 0 amide bonds. The lowest BCUT2D eigenvalue weighted by Gasteiger charge is -2.32. The zero-order valence-electron chi connectivity index (χ0n) is 10.4. The first kappa shape index (κ1) is 12.3. The molecule has 0 saturated carbocycles. The maximum atomic E-state index is 2.33. The van der Waals surface area contributed by atoms with Gasteiger partial charge in [0.2, 0.25) is 0 Å². The lowest BCUT2D eigenvalue weighted by Crippen LogP contribution is -2.16. The van der Waals surface area contributed by atoms with E-state index in [2.05, 4.69) is 60.7 Å². The molecular weight excluding hydrogens is 254 g/mol. The van der Waals surface area contributed by atoms with Crippen molar-refractivity contribution >= 4 is 21.8 Å². The van der Waals surface area contributed by atoms with E-state index in [1.165, 1.54) is 18.5 Å². The Morgan fingerprint density at radius 2 is 1.56 bits per heavy atom. The summed E-state index contributed by atoms with van der Waals surface area (Å²) in [5.41, 5.74) is 2.34. The largest absolute Gasteiger partial charge is 0.121 e. The van der Waals surface area contributed by atoms with Gasteiger partial charge in [0.15, 0.2) is 0 Å². The Morgan fingerprint density at radius 1 is 0.889 bits per heavy atom. The van der Waals surface area contributed by atoms with Crippen molar-refractivity contribution in [3.8, 4) is 0 Å². The molecule has 3 atom stereocenters. The average molecular weight is 272 g/mol. The van der Waals surface area contributed by atoms with Crippen molar-refractivity contribution < 1.29 is 0 Å². The second kappa shape index (κ2) is 5.96. The first-order valence-electron chi connectivity index (χ1n) is 6.52. The first-order valence-corrected chi connectivity index (χ1v) is 9.53. The van der Waals surface area contributed by atoms with Crippen molar-refractivity contribution in [1.82, 2.24) is 0 Å². The van der Waals surface area contributed by atoms with Gasteiger partial charge in [-0.2, -0.15) is 0 Å². The minimum absolute atomic E-state index is 0.000386.